The van der Waals surface area contributed by atoms with E-state index in [4.69, 9.17) is 9.15 Å². The van der Waals surface area contributed by atoms with Gasteiger partial charge in [-0.1, -0.05) is 0 Å². The molecule has 1 heterocycles. The van der Waals surface area contributed by atoms with Gasteiger partial charge >= 0.3 is 5.97 Å². The van der Waals surface area contributed by atoms with Crippen LogP contribution < -0.4 is 10.1 Å². The van der Waals surface area contributed by atoms with Gasteiger partial charge in [0, 0.05) is 5.69 Å². The molecule has 6 heteroatoms. The zero-order valence-electron chi connectivity index (χ0n) is 11.7. The van der Waals surface area contributed by atoms with Crippen LogP contribution in [-0.4, -0.2) is 23.4 Å². The Morgan fingerprint density at radius 2 is 1.95 bits per heavy atom. The monoisotopic (exact) mass is 305 g/mol. The number of rotatable bonds is 5. The Morgan fingerprint density at radius 3 is 2.52 bits per heavy atom. The number of furan rings is 1. The Hall–Kier alpha value is -2.21. The number of benzene rings is 1. The van der Waals surface area contributed by atoms with Gasteiger partial charge < -0.3 is 14.5 Å². The van der Waals surface area contributed by atoms with Crippen molar-refractivity contribution in [2.45, 2.75) is 12.2 Å². The van der Waals surface area contributed by atoms with Gasteiger partial charge in [-0.25, -0.2) is 0 Å². The Labute approximate surface area is 126 Å². The maximum absolute atomic E-state index is 11.8. The lowest BCUT2D eigenvalue weighted by atomic mass is 10.3. The largest absolute Gasteiger partial charge is 0.459 e. The third kappa shape index (κ3) is 4.13. The van der Waals surface area contributed by atoms with Crippen LogP contribution in [0.3, 0.4) is 0 Å². The molecule has 2 rings (SSSR count). The summed E-state index contributed by atoms with van der Waals surface area (Å²) in [5.41, 5.74) is 0.592. The molecule has 0 fully saturated rings. The Balaban J connectivity index is 1.96. The van der Waals surface area contributed by atoms with Crippen molar-refractivity contribution in [2.75, 3.05) is 11.6 Å². The van der Waals surface area contributed by atoms with E-state index in [1.54, 1.807) is 43.3 Å². The number of carbonyl (C=O) groups excluding carboxylic acids is 2. The molecule has 0 aliphatic rings. The minimum Gasteiger partial charge on any atom is -0.459 e. The van der Waals surface area contributed by atoms with Gasteiger partial charge in [-0.05, 0) is 49.6 Å². The Bertz CT molecular complexity index is 607. The topological polar surface area (TPSA) is 68.5 Å². The molecule has 1 aromatic heterocycles. The highest BCUT2D eigenvalue weighted by Crippen LogP contribution is 2.18. The summed E-state index contributed by atoms with van der Waals surface area (Å²) in [5, 5.41) is 2.46. The molecule has 0 unspecified atom stereocenters. The summed E-state index contributed by atoms with van der Waals surface area (Å²) >= 11 is 1.42. The van der Waals surface area contributed by atoms with Gasteiger partial charge in [-0.15, -0.1) is 0 Å². The van der Waals surface area contributed by atoms with Crippen molar-refractivity contribution in [3.8, 4) is 5.75 Å². The predicted molar refractivity (Wildman–Crippen MR) is 81.7 cm³/mol. The maximum Gasteiger partial charge on any atom is 0.324 e. The maximum atomic E-state index is 11.8. The lowest BCUT2D eigenvalue weighted by Gasteiger charge is -2.09. The first kappa shape index (κ1) is 15.2. The summed E-state index contributed by atoms with van der Waals surface area (Å²) in [6.07, 6.45) is 3.28. The van der Waals surface area contributed by atoms with Gasteiger partial charge in [-0.3, -0.25) is 9.59 Å². The van der Waals surface area contributed by atoms with E-state index < -0.39 is 0 Å². The van der Waals surface area contributed by atoms with Crippen molar-refractivity contribution < 1.29 is 18.7 Å². The van der Waals surface area contributed by atoms with Crippen LogP contribution in [0.2, 0.25) is 0 Å². The minimum atomic E-state index is -0.333. The van der Waals surface area contributed by atoms with Gasteiger partial charge in [-0.2, -0.15) is 11.8 Å². The summed E-state index contributed by atoms with van der Waals surface area (Å²) in [4.78, 5) is 23.4. The first-order valence-corrected chi connectivity index (χ1v) is 7.58. The Kier molecular flexibility index (Phi) is 5.05. The van der Waals surface area contributed by atoms with Crippen molar-refractivity contribution >= 4 is 29.3 Å². The minimum absolute atomic E-state index is 0.219. The first-order valence-electron chi connectivity index (χ1n) is 6.29. The second-order valence-corrected chi connectivity index (χ2v) is 5.43. The molecule has 2 aromatic rings. The molecule has 0 spiro atoms. The van der Waals surface area contributed by atoms with Crippen LogP contribution >= 0.6 is 11.8 Å². The van der Waals surface area contributed by atoms with Crippen molar-refractivity contribution in [3.05, 3.63) is 48.4 Å². The standard InChI is InChI=1S/C15H15NO4S/c1-10(21-2)15(18)20-12-7-5-11(6-8-12)16-14(17)13-4-3-9-19-13/h3-10H,1-2H3,(H,16,17)/t10-/m1/s1. The fourth-order valence-corrected chi connectivity index (χ4v) is 1.74. The van der Waals surface area contributed by atoms with E-state index in [1.807, 2.05) is 6.26 Å². The SMILES string of the molecule is CS[C@H](C)C(=O)Oc1ccc(NC(=O)c2ccco2)cc1. The summed E-state index contributed by atoms with van der Waals surface area (Å²) in [6, 6.07) is 9.80. The van der Waals surface area contributed by atoms with E-state index in [-0.39, 0.29) is 22.9 Å². The number of esters is 1. The van der Waals surface area contributed by atoms with E-state index in [2.05, 4.69) is 5.32 Å². The third-order valence-corrected chi connectivity index (χ3v) is 3.66. The smallest absolute Gasteiger partial charge is 0.324 e. The van der Waals surface area contributed by atoms with Crippen molar-refractivity contribution in [1.29, 1.82) is 0 Å². The molecule has 21 heavy (non-hydrogen) atoms. The summed E-state index contributed by atoms with van der Waals surface area (Å²) in [7, 11) is 0. The van der Waals surface area contributed by atoms with Crippen LogP contribution in [0.25, 0.3) is 0 Å². The average molecular weight is 305 g/mol. The molecule has 0 saturated carbocycles. The molecule has 0 radical (unpaired) electrons. The molecule has 0 bridgehead atoms. The van der Waals surface area contributed by atoms with E-state index in [1.165, 1.54) is 18.0 Å². The highest BCUT2D eigenvalue weighted by Gasteiger charge is 2.14. The number of anilines is 1. The van der Waals surface area contributed by atoms with Gasteiger partial charge in [0.05, 0.1) is 11.5 Å². The van der Waals surface area contributed by atoms with Gasteiger partial charge in [0.2, 0.25) is 0 Å². The lowest BCUT2D eigenvalue weighted by molar-refractivity contribution is -0.133. The van der Waals surface area contributed by atoms with E-state index >= 15 is 0 Å². The quantitative estimate of drug-likeness (QED) is 0.678. The summed E-state index contributed by atoms with van der Waals surface area (Å²) < 4.78 is 10.2. The highest BCUT2D eigenvalue weighted by atomic mass is 32.2. The first-order chi connectivity index (χ1) is 10.1. The van der Waals surface area contributed by atoms with Crippen LogP contribution in [0.4, 0.5) is 5.69 Å². The second-order valence-electron chi connectivity index (χ2n) is 4.25. The van der Waals surface area contributed by atoms with Crippen LogP contribution in [0.1, 0.15) is 17.5 Å². The van der Waals surface area contributed by atoms with Crippen molar-refractivity contribution in [3.63, 3.8) is 0 Å². The summed E-state index contributed by atoms with van der Waals surface area (Å²) in [5.74, 6) is 0.0480. The van der Waals surface area contributed by atoms with Crippen LogP contribution in [0.15, 0.2) is 47.1 Å². The Morgan fingerprint density at radius 1 is 1.24 bits per heavy atom. The number of nitrogens with one attached hydrogen (secondary N) is 1. The van der Waals surface area contributed by atoms with E-state index in [0.29, 0.717) is 11.4 Å². The normalized spacial score (nSPS) is 11.7. The molecule has 0 aliphatic heterocycles. The van der Waals surface area contributed by atoms with Crippen molar-refractivity contribution in [2.24, 2.45) is 0 Å². The highest BCUT2D eigenvalue weighted by molar-refractivity contribution is 7.99. The average Bonchev–Trinajstić information content (AvgIpc) is 3.02. The summed E-state index contributed by atoms with van der Waals surface area (Å²) in [6.45, 7) is 1.78. The van der Waals surface area contributed by atoms with Crippen LogP contribution in [-0.2, 0) is 4.79 Å². The molecule has 1 aromatic carbocycles. The predicted octanol–water partition coefficient (Wildman–Crippen LogP) is 3.19. The lowest BCUT2D eigenvalue weighted by Crippen LogP contribution is -2.19. The second kappa shape index (κ2) is 6.99. The van der Waals surface area contributed by atoms with Gasteiger partial charge in [0.25, 0.3) is 5.91 Å². The van der Waals surface area contributed by atoms with Crippen molar-refractivity contribution in [1.82, 2.24) is 0 Å². The van der Waals surface area contributed by atoms with E-state index in [9.17, 15) is 9.59 Å². The zero-order chi connectivity index (χ0) is 15.2. The van der Waals surface area contributed by atoms with Gasteiger partial charge in [0.1, 0.15) is 5.75 Å². The van der Waals surface area contributed by atoms with Crippen LogP contribution in [0.5, 0.6) is 5.75 Å². The molecule has 1 amide bonds. The number of ether oxygens (including phenoxy) is 1. The molecular formula is C15H15NO4S. The van der Waals surface area contributed by atoms with E-state index in [0.717, 1.165) is 0 Å². The van der Waals surface area contributed by atoms with Gasteiger partial charge in [0.15, 0.2) is 5.76 Å². The molecule has 1 atom stereocenters. The molecule has 5 nitrogen and oxygen atoms in total. The fourth-order valence-electron chi connectivity index (χ4n) is 1.50. The zero-order valence-corrected chi connectivity index (χ0v) is 12.5. The number of thioether (sulfide) groups is 1. The fraction of sp³-hybridized carbons (Fsp3) is 0.200. The number of hydrogen-bond acceptors (Lipinski definition) is 5. The number of carbonyl (C=O) groups is 2. The number of amides is 1. The molecule has 110 valence electrons. The third-order valence-electron chi connectivity index (χ3n) is 2.76. The molecular weight excluding hydrogens is 290 g/mol. The molecule has 0 aliphatic carbocycles. The van der Waals surface area contributed by atoms with Crippen LogP contribution in [0, 0.1) is 0 Å². The molecule has 0 saturated heterocycles. The number of hydrogen-bond donors (Lipinski definition) is 1. The molecule has 1 N–H and O–H groups in total.